The number of benzene rings is 4. The van der Waals surface area contributed by atoms with E-state index >= 15 is 0 Å². The molecule has 0 aliphatic heterocycles. The molecule has 1 heterocycles. The number of aryl methyl sites for hydroxylation is 1. The fourth-order valence-corrected chi connectivity index (χ4v) is 6.83. The lowest BCUT2D eigenvalue weighted by atomic mass is 9.97. The second-order valence-electron chi connectivity index (χ2n) is 10.3. The van der Waals surface area contributed by atoms with E-state index in [9.17, 15) is 8.42 Å². The van der Waals surface area contributed by atoms with Gasteiger partial charge in [-0.3, -0.25) is 4.90 Å². The number of rotatable bonds is 9. The zero-order valence-electron chi connectivity index (χ0n) is 22.2. The Labute approximate surface area is 226 Å². The van der Waals surface area contributed by atoms with Gasteiger partial charge >= 0.3 is 0 Å². The van der Waals surface area contributed by atoms with Gasteiger partial charge < -0.3 is 0 Å². The van der Waals surface area contributed by atoms with Crippen LogP contribution in [0.5, 0.6) is 0 Å². The van der Waals surface area contributed by atoms with Crippen LogP contribution in [-0.4, -0.2) is 17.3 Å². The average Bonchev–Trinajstić information content (AvgIpc) is 3.29. The third-order valence-electron chi connectivity index (χ3n) is 7.04. The van der Waals surface area contributed by atoms with Crippen LogP contribution in [0.1, 0.15) is 42.3 Å². The molecule has 0 unspecified atom stereocenters. The van der Waals surface area contributed by atoms with Gasteiger partial charge in [0.15, 0.2) is 0 Å². The maximum atomic E-state index is 14.3. The van der Waals surface area contributed by atoms with Gasteiger partial charge in [-0.25, -0.2) is 12.4 Å². The number of nitrogens with zero attached hydrogens (tertiary/aromatic N) is 2. The van der Waals surface area contributed by atoms with E-state index in [4.69, 9.17) is 0 Å². The highest BCUT2D eigenvalue weighted by atomic mass is 32.2. The van der Waals surface area contributed by atoms with Crippen molar-refractivity contribution in [2.45, 2.75) is 44.8 Å². The van der Waals surface area contributed by atoms with Crippen LogP contribution < -0.4 is 0 Å². The van der Waals surface area contributed by atoms with Gasteiger partial charge in [0.05, 0.1) is 22.1 Å². The summed E-state index contributed by atoms with van der Waals surface area (Å²) in [6, 6.07) is 37.6. The summed E-state index contributed by atoms with van der Waals surface area (Å²) >= 11 is 0. The smallest absolute Gasteiger partial charge is 0.268 e. The van der Waals surface area contributed by atoms with Gasteiger partial charge in [0, 0.05) is 18.5 Å². The van der Waals surface area contributed by atoms with Crippen molar-refractivity contribution in [2.75, 3.05) is 0 Å². The molecule has 0 N–H and O–H groups in total. The molecule has 0 aliphatic rings. The number of hydrogen-bond acceptors (Lipinski definition) is 3. The molecule has 0 aliphatic carbocycles. The molecule has 5 rings (SSSR count). The van der Waals surface area contributed by atoms with Crippen molar-refractivity contribution in [2.24, 2.45) is 5.92 Å². The normalized spacial score (nSPS) is 12.9. The Morgan fingerprint density at radius 2 is 1.24 bits per heavy atom. The minimum absolute atomic E-state index is 0.150. The predicted octanol–water partition coefficient (Wildman–Crippen LogP) is 7.59. The van der Waals surface area contributed by atoms with E-state index in [1.54, 1.807) is 16.1 Å². The minimum Gasteiger partial charge on any atom is -0.286 e. The van der Waals surface area contributed by atoms with Gasteiger partial charge in [-0.05, 0) is 48.2 Å². The topological polar surface area (TPSA) is 42.3 Å². The fourth-order valence-electron chi connectivity index (χ4n) is 5.28. The molecule has 0 amide bonds. The van der Waals surface area contributed by atoms with Crippen LogP contribution >= 0.6 is 0 Å². The number of para-hydroxylation sites is 1. The lowest BCUT2D eigenvalue weighted by Crippen LogP contribution is -2.34. The highest BCUT2D eigenvalue weighted by molar-refractivity contribution is 7.90. The molecule has 1 atom stereocenters. The first-order valence-corrected chi connectivity index (χ1v) is 14.5. The number of aromatic nitrogens is 1. The van der Waals surface area contributed by atoms with Crippen molar-refractivity contribution in [3.63, 3.8) is 0 Å². The first kappa shape index (κ1) is 26.0. The predicted molar refractivity (Wildman–Crippen MR) is 155 cm³/mol. The molecule has 194 valence electrons. The zero-order valence-corrected chi connectivity index (χ0v) is 23.0. The summed E-state index contributed by atoms with van der Waals surface area (Å²) in [5.41, 5.74) is 4.90. The molecule has 0 bridgehead atoms. The SMILES string of the molecule is Cc1ccc(S(=O)(=O)n2c([C@H](C(C)C)N(Cc3ccccc3)Cc3ccccc3)cc3ccccc32)cc1. The molecule has 0 saturated heterocycles. The van der Waals surface area contributed by atoms with Crippen molar-refractivity contribution in [1.29, 1.82) is 0 Å². The van der Waals surface area contributed by atoms with Gasteiger partial charge in [-0.15, -0.1) is 0 Å². The van der Waals surface area contributed by atoms with Crippen molar-refractivity contribution in [3.05, 3.63) is 138 Å². The van der Waals surface area contributed by atoms with E-state index in [-0.39, 0.29) is 12.0 Å². The molecule has 0 spiro atoms. The van der Waals surface area contributed by atoms with Crippen LogP contribution in [0.25, 0.3) is 10.9 Å². The molecule has 1 aromatic heterocycles. The van der Waals surface area contributed by atoms with Crippen LogP contribution in [0, 0.1) is 12.8 Å². The van der Waals surface area contributed by atoms with Crippen LogP contribution in [0.2, 0.25) is 0 Å². The van der Waals surface area contributed by atoms with E-state index < -0.39 is 10.0 Å². The summed E-state index contributed by atoms with van der Waals surface area (Å²) in [7, 11) is -3.84. The Morgan fingerprint density at radius 1 is 0.711 bits per heavy atom. The summed E-state index contributed by atoms with van der Waals surface area (Å²) in [5, 5.41) is 0.920. The van der Waals surface area contributed by atoms with Gasteiger partial charge in [0.2, 0.25) is 0 Å². The third-order valence-corrected chi connectivity index (χ3v) is 8.79. The summed E-state index contributed by atoms with van der Waals surface area (Å²) < 4.78 is 30.1. The molecule has 38 heavy (non-hydrogen) atoms. The summed E-state index contributed by atoms with van der Waals surface area (Å²) in [6.07, 6.45) is 0. The van der Waals surface area contributed by atoms with Crippen molar-refractivity contribution < 1.29 is 8.42 Å². The van der Waals surface area contributed by atoms with E-state index in [0.29, 0.717) is 23.5 Å². The van der Waals surface area contributed by atoms with Crippen molar-refractivity contribution >= 4 is 20.9 Å². The molecular weight excluding hydrogens is 488 g/mol. The summed E-state index contributed by atoms with van der Waals surface area (Å²) in [5.74, 6) is 0.152. The Kier molecular flexibility index (Phi) is 7.50. The summed E-state index contributed by atoms with van der Waals surface area (Å²) in [6.45, 7) is 7.71. The van der Waals surface area contributed by atoms with E-state index in [1.807, 2.05) is 55.5 Å². The van der Waals surface area contributed by atoms with Gasteiger partial charge in [0.25, 0.3) is 10.0 Å². The minimum atomic E-state index is -3.84. The van der Waals surface area contributed by atoms with Gasteiger partial charge in [-0.2, -0.15) is 0 Å². The van der Waals surface area contributed by atoms with Crippen LogP contribution in [0.4, 0.5) is 0 Å². The Balaban J connectivity index is 1.70. The second kappa shape index (κ2) is 11.0. The molecule has 0 radical (unpaired) electrons. The highest BCUT2D eigenvalue weighted by Crippen LogP contribution is 2.37. The highest BCUT2D eigenvalue weighted by Gasteiger charge is 2.32. The monoisotopic (exact) mass is 522 g/mol. The second-order valence-corrected chi connectivity index (χ2v) is 12.1. The Morgan fingerprint density at radius 3 is 1.79 bits per heavy atom. The first-order chi connectivity index (χ1) is 18.3. The van der Waals surface area contributed by atoms with E-state index in [1.165, 1.54) is 11.1 Å². The number of fused-ring (bicyclic) bond motifs is 1. The average molecular weight is 523 g/mol. The van der Waals surface area contributed by atoms with Crippen LogP contribution in [0.15, 0.2) is 120 Å². The fraction of sp³-hybridized carbons (Fsp3) is 0.212. The Hall–Kier alpha value is -3.67. The molecule has 5 aromatic rings. The zero-order chi connectivity index (χ0) is 26.7. The van der Waals surface area contributed by atoms with Crippen LogP contribution in [-0.2, 0) is 23.1 Å². The Bertz CT molecular complexity index is 1570. The first-order valence-electron chi connectivity index (χ1n) is 13.1. The molecule has 4 aromatic carbocycles. The van der Waals surface area contributed by atoms with Crippen LogP contribution in [0.3, 0.4) is 0 Å². The summed E-state index contributed by atoms with van der Waals surface area (Å²) in [4.78, 5) is 2.70. The van der Waals surface area contributed by atoms with E-state index in [2.05, 4.69) is 73.3 Å². The maximum Gasteiger partial charge on any atom is 0.268 e. The number of hydrogen-bond donors (Lipinski definition) is 0. The maximum absolute atomic E-state index is 14.3. The molecule has 0 fully saturated rings. The quantitative estimate of drug-likeness (QED) is 0.200. The largest absolute Gasteiger partial charge is 0.286 e. The third kappa shape index (κ3) is 5.31. The van der Waals surface area contributed by atoms with Gasteiger partial charge in [0.1, 0.15) is 0 Å². The van der Waals surface area contributed by atoms with Crippen molar-refractivity contribution in [3.8, 4) is 0 Å². The standard InChI is InChI=1S/C33H34N2O2S/c1-25(2)33(34(23-27-12-6-4-7-13-27)24-28-14-8-5-9-15-28)32-22-29-16-10-11-17-31(29)35(32)38(36,37)30-20-18-26(3)19-21-30/h4-22,25,33H,23-24H2,1-3H3/t33-/m0/s1. The molecular formula is C33H34N2O2S. The van der Waals surface area contributed by atoms with Gasteiger partial charge in [-0.1, -0.05) is 110 Å². The van der Waals surface area contributed by atoms with Crippen molar-refractivity contribution in [1.82, 2.24) is 8.87 Å². The van der Waals surface area contributed by atoms with E-state index in [0.717, 1.165) is 16.6 Å². The lowest BCUT2D eigenvalue weighted by Gasteiger charge is -2.35. The molecule has 5 heteroatoms. The molecule has 4 nitrogen and oxygen atoms in total. The molecule has 0 saturated carbocycles. The lowest BCUT2D eigenvalue weighted by molar-refractivity contribution is 0.134.